The molecule has 1 aliphatic rings. The second-order valence-corrected chi connectivity index (χ2v) is 7.63. The smallest absolute Gasteiger partial charge is 0.341 e. The van der Waals surface area contributed by atoms with Gasteiger partial charge >= 0.3 is 5.97 Å². The molecule has 1 aliphatic carbocycles. The van der Waals surface area contributed by atoms with E-state index >= 15 is 0 Å². The summed E-state index contributed by atoms with van der Waals surface area (Å²) in [7, 11) is 1.12. The maximum Gasteiger partial charge on any atom is 0.341 e. The number of hydrogen-bond donors (Lipinski definition) is 0. The van der Waals surface area contributed by atoms with Gasteiger partial charge in [-0.2, -0.15) is 0 Å². The first-order valence-electron chi connectivity index (χ1n) is 5.40. The van der Waals surface area contributed by atoms with Gasteiger partial charge in [-0.05, 0) is 46.8 Å². The number of benzene rings is 1. The molecule has 0 bridgehead atoms. The van der Waals surface area contributed by atoms with Crippen LogP contribution < -0.4 is 0 Å². The van der Waals surface area contributed by atoms with Crippen molar-refractivity contribution in [3.8, 4) is 0 Å². The zero-order valence-corrected chi connectivity index (χ0v) is 12.7. The predicted molar refractivity (Wildman–Crippen MR) is 70.1 cm³/mol. The van der Waals surface area contributed by atoms with Crippen molar-refractivity contribution in [2.24, 2.45) is 5.92 Å². The first kappa shape index (κ1) is 14.7. The summed E-state index contributed by atoms with van der Waals surface area (Å²) in [6, 6.07) is 1.75. The number of ether oxygens (including phenoxy) is 1. The highest BCUT2D eigenvalue weighted by Crippen LogP contribution is 2.31. The minimum absolute atomic E-state index is 0.0428. The molecule has 19 heavy (non-hydrogen) atoms. The lowest BCUT2D eigenvalue weighted by Crippen LogP contribution is -2.11. The molecule has 0 atom stereocenters. The molecule has 1 aromatic rings. The molecule has 8 heteroatoms. The third-order valence-electron chi connectivity index (χ3n) is 2.65. The van der Waals surface area contributed by atoms with Crippen LogP contribution in [0.1, 0.15) is 23.2 Å². The Bertz CT molecular complexity index is 628. The number of carbonyl (C=O) groups is 1. The lowest BCUT2D eigenvalue weighted by atomic mass is 10.2. The summed E-state index contributed by atoms with van der Waals surface area (Å²) in [6.45, 7) is 0.220. The highest BCUT2D eigenvalue weighted by Gasteiger charge is 2.26. The Hall–Kier alpha value is -0.660. The van der Waals surface area contributed by atoms with Gasteiger partial charge in [0.1, 0.15) is 5.82 Å². The van der Waals surface area contributed by atoms with Crippen LogP contribution in [0, 0.1) is 11.7 Å². The Morgan fingerprint density at radius 1 is 1.47 bits per heavy atom. The van der Waals surface area contributed by atoms with Crippen molar-refractivity contribution < 1.29 is 22.3 Å². The van der Waals surface area contributed by atoms with Crippen LogP contribution in [-0.2, 0) is 13.8 Å². The van der Waals surface area contributed by atoms with E-state index in [1.54, 1.807) is 0 Å². The van der Waals surface area contributed by atoms with Crippen LogP contribution in [0.5, 0.6) is 0 Å². The molecule has 0 saturated heterocycles. The summed E-state index contributed by atoms with van der Waals surface area (Å²) in [5.41, 5.74) is -0.442. The fraction of sp³-hybridized carbons (Fsp3) is 0.364. The van der Waals surface area contributed by atoms with Gasteiger partial charge in [0, 0.05) is 15.2 Å². The topological polar surface area (TPSA) is 60.4 Å². The molecule has 104 valence electrons. The van der Waals surface area contributed by atoms with E-state index in [2.05, 4.69) is 15.9 Å². The first-order valence-corrected chi connectivity index (χ1v) is 8.50. The fourth-order valence-electron chi connectivity index (χ4n) is 1.43. The monoisotopic (exact) mass is 370 g/mol. The van der Waals surface area contributed by atoms with Gasteiger partial charge in [-0.3, -0.25) is 0 Å². The summed E-state index contributed by atoms with van der Waals surface area (Å²) in [6.07, 6.45) is 1.97. The number of hydrogen-bond acceptors (Lipinski definition) is 4. The van der Waals surface area contributed by atoms with Crippen LogP contribution in [0.4, 0.5) is 4.39 Å². The number of esters is 1. The molecular weight excluding hydrogens is 363 g/mol. The molecule has 1 aromatic carbocycles. The van der Waals surface area contributed by atoms with Crippen LogP contribution in [0.3, 0.4) is 0 Å². The Balaban J connectivity index is 2.30. The van der Waals surface area contributed by atoms with Crippen molar-refractivity contribution in [3.05, 3.63) is 28.0 Å². The van der Waals surface area contributed by atoms with Crippen LogP contribution >= 0.6 is 26.6 Å². The molecule has 0 spiro atoms. The second-order valence-electron chi connectivity index (χ2n) is 4.24. The van der Waals surface area contributed by atoms with Gasteiger partial charge in [-0.1, -0.05) is 0 Å². The van der Waals surface area contributed by atoms with Crippen LogP contribution in [0.2, 0.25) is 0 Å². The third kappa shape index (κ3) is 3.67. The second kappa shape index (κ2) is 5.38. The van der Waals surface area contributed by atoms with Crippen molar-refractivity contribution >= 4 is 41.6 Å². The van der Waals surface area contributed by atoms with E-state index in [0.717, 1.165) is 25.0 Å². The summed E-state index contributed by atoms with van der Waals surface area (Å²) < 4.78 is 41.1. The van der Waals surface area contributed by atoms with Gasteiger partial charge < -0.3 is 4.74 Å². The summed E-state index contributed by atoms with van der Waals surface area (Å²) >= 11 is 2.88. The third-order valence-corrected chi connectivity index (χ3v) is 4.93. The zero-order valence-electron chi connectivity index (χ0n) is 9.53. The van der Waals surface area contributed by atoms with Crippen LogP contribution in [-0.4, -0.2) is 21.0 Å². The minimum Gasteiger partial charge on any atom is -0.462 e. The van der Waals surface area contributed by atoms with Gasteiger partial charge in [-0.25, -0.2) is 17.6 Å². The molecule has 0 heterocycles. The highest BCUT2D eigenvalue weighted by atomic mass is 79.9. The maximum absolute atomic E-state index is 13.6. The average Bonchev–Trinajstić information content (AvgIpc) is 3.07. The highest BCUT2D eigenvalue weighted by molar-refractivity contribution is 9.10. The van der Waals surface area contributed by atoms with E-state index in [1.807, 2.05) is 0 Å². The van der Waals surface area contributed by atoms with Crippen molar-refractivity contribution in [1.82, 2.24) is 0 Å². The molecule has 0 aromatic heterocycles. The van der Waals surface area contributed by atoms with Gasteiger partial charge in [0.15, 0.2) is 0 Å². The quantitative estimate of drug-likeness (QED) is 0.603. The lowest BCUT2D eigenvalue weighted by Gasteiger charge is -2.07. The van der Waals surface area contributed by atoms with E-state index in [9.17, 15) is 17.6 Å². The molecule has 4 nitrogen and oxygen atoms in total. The molecule has 1 fully saturated rings. The molecule has 0 N–H and O–H groups in total. The maximum atomic E-state index is 13.6. The van der Waals surface area contributed by atoms with Gasteiger partial charge in [-0.15, -0.1) is 0 Å². The first-order chi connectivity index (χ1) is 8.79. The number of carbonyl (C=O) groups excluding carboxylic acids is 1. The number of rotatable bonds is 4. The van der Waals surface area contributed by atoms with Crippen molar-refractivity contribution in [2.75, 3.05) is 6.61 Å². The van der Waals surface area contributed by atoms with Crippen molar-refractivity contribution in [2.45, 2.75) is 17.7 Å². The van der Waals surface area contributed by atoms with Gasteiger partial charge in [0.2, 0.25) is 0 Å². The Morgan fingerprint density at radius 3 is 2.63 bits per heavy atom. The van der Waals surface area contributed by atoms with Gasteiger partial charge in [0.25, 0.3) is 9.05 Å². The zero-order chi connectivity index (χ0) is 14.2. The number of halogens is 3. The molecule has 0 aliphatic heterocycles. The summed E-state index contributed by atoms with van der Waals surface area (Å²) in [4.78, 5) is 11.3. The van der Waals surface area contributed by atoms with E-state index < -0.39 is 26.4 Å². The Kier molecular flexibility index (Phi) is 4.17. The standard InChI is InChI=1S/C11H9BrClFO4S/c12-8-4-9(14)7(3-10(8)19(13,16)17)11(15)18-5-6-1-2-6/h3-4,6H,1-2,5H2. The summed E-state index contributed by atoms with van der Waals surface area (Å²) in [5.74, 6) is -1.42. The van der Waals surface area contributed by atoms with Crippen LogP contribution in [0.15, 0.2) is 21.5 Å². The fourth-order valence-corrected chi connectivity index (χ4v) is 3.60. The normalized spacial score (nSPS) is 15.3. The Labute approximate surface area is 122 Å². The van der Waals surface area contributed by atoms with E-state index in [-0.39, 0.29) is 16.0 Å². The minimum atomic E-state index is -4.07. The molecule has 0 radical (unpaired) electrons. The lowest BCUT2D eigenvalue weighted by molar-refractivity contribution is 0.0480. The van der Waals surface area contributed by atoms with E-state index in [1.165, 1.54) is 0 Å². The van der Waals surface area contributed by atoms with Crippen LogP contribution in [0.25, 0.3) is 0 Å². The molecule has 0 amide bonds. The van der Waals surface area contributed by atoms with Crippen molar-refractivity contribution in [1.29, 1.82) is 0 Å². The van der Waals surface area contributed by atoms with E-state index in [4.69, 9.17) is 15.4 Å². The SMILES string of the molecule is O=C(OCC1CC1)c1cc(S(=O)(=O)Cl)c(Br)cc1F. The van der Waals surface area contributed by atoms with Gasteiger partial charge in [0.05, 0.1) is 17.1 Å². The molecule has 0 unspecified atom stereocenters. The molecular formula is C11H9BrClFO4S. The van der Waals surface area contributed by atoms with E-state index in [0.29, 0.717) is 5.92 Å². The largest absolute Gasteiger partial charge is 0.462 e. The summed E-state index contributed by atoms with van der Waals surface area (Å²) in [5, 5.41) is 0. The average molecular weight is 372 g/mol. The predicted octanol–water partition coefficient (Wildman–Crippen LogP) is 3.08. The van der Waals surface area contributed by atoms with Crippen molar-refractivity contribution in [3.63, 3.8) is 0 Å². The molecule has 2 rings (SSSR count). The Morgan fingerprint density at radius 2 is 2.11 bits per heavy atom. The molecule has 1 saturated carbocycles.